The molecule has 0 radical (unpaired) electrons. The summed E-state index contributed by atoms with van der Waals surface area (Å²) in [4.78, 5) is 26.6. The van der Waals surface area contributed by atoms with E-state index >= 15 is 0 Å². The summed E-state index contributed by atoms with van der Waals surface area (Å²) < 4.78 is 16.5. The fourth-order valence-corrected chi connectivity index (χ4v) is 3.15. The van der Waals surface area contributed by atoms with E-state index in [1.54, 1.807) is 42.5 Å². The number of carbonyl (C=O) groups is 2. The molecular weight excluding hydrogens is 360 g/mol. The third-order valence-electron chi connectivity index (χ3n) is 4.36. The molecule has 1 aliphatic rings. The van der Waals surface area contributed by atoms with E-state index in [-0.39, 0.29) is 18.2 Å². The highest BCUT2D eigenvalue weighted by molar-refractivity contribution is 6.23. The van der Waals surface area contributed by atoms with Crippen LogP contribution in [0.4, 0.5) is 11.4 Å². The van der Waals surface area contributed by atoms with Crippen LogP contribution in [0.3, 0.4) is 0 Å². The standard InChI is InChI=1S/C21H24N2O5/c1-4-27-18-11-10-14(12-19(18)28-5-2)22-15-13-20(24)23(21(15)25)16-8-6-7-9-17(16)26-3/h6-12,15,22H,4-5,13H2,1-3H3/t15-/m1/s1. The second-order valence-electron chi connectivity index (χ2n) is 6.17. The van der Waals surface area contributed by atoms with Crippen LogP contribution in [-0.2, 0) is 9.59 Å². The van der Waals surface area contributed by atoms with Crippen molar-refractivity contribution >= 4 is 23.2 Å². The SMILES string of the molecule is CCOc1ccc(N[C@@H]2CC(=O)N(c3ccccc3OC)C2=O)cc1OCC. The van der Waals surface area contributed by atoms with Gasteiger partial charge in [0.15, 0.2) is 11.5 Å². The first-order valence-electron chi connectivity index (χ1n) is 9.25. The molecule has 0 spiro atoms. The minimum absolute atomic E-state index is 0.0636. The average Bonchev–Trinajstić information content (AvgIpc) is 2.97. The number of carbonyl (C=O) groups excluding carboxylic acids is 2. The predicted molar refractivity (Wildman–Crippen MR) is 106 cm³/mol. The summed E-state index contributed by atoms with van der Waals surface area (Å²) in [5.41, 5.74) is 1.13. The number of nitrogens with zero attached hydrogens (tertiary/aromatic N) is 1. The van der Waals surface area contributed by atoms with Gasteiger partial charge in [0.05, 0.1) is 32.4 Å². The fourth-order valence-electron chi connectivity index (χ4n) is 3.15. The summed E-state index contributed by atoms with van der Waals surface area (Å²) >= 11 is 0. The van der Waals surface area contributed by atoms with Gasteiger partial charge in [0, 0.05) is 11.8 Å². The molecule has 0 bridgehead atoms. The molecule has 0 aromatic heterocycles. The highest BCUT2D eigenvalue weighted by atomic mass is 16.5. The van der Waals surface area contributed by atoms with E-state index in [0.29, 0.717) is 41.8 Å². The number of ether oxygens (including phenoxy) is 3. The lowest BCUT2D eigenvalue weighted by Gasteiger charge is -2.19. The summed E-state index contributed by atoms with van der Waals surface area (Å²) in [6, 6.07) is 11.7. The molecule has 2 aromatic rings. The second kappa shape index (κ2) is 8.65. The first kappa shape index (κ1) is 19.5. The number of hydrogen-bond donors (Lipinski definition) is 1. The monoisotopic (exact) mass is 384 g/mol. The van der Waals surface area contributed by atoms with Crippen molar-refractivity contribution in [3.05, 3.63) is 42.5 Å². The van der Waals surface area contributed by atoms with Crippen molar-refractivity contribution in [2.75, 3.05) is 30.5 Å². The Morgan fingerprint density at radius 3 is 2.43 bits per heavy atom. The Morgan fingerprint density at radius 2 is 1.71 bits per heavy atom. The molecule has 28 heavy (non-hydrogen) atoms. The van der Waals surface area contributed by atoms with E-state index in [4.69, 9.17) is 14.2 Å². The summed E-state index contributed by atoms with van der Waals surface area (Å²) in [7, 11) is 1.51. The molecule has 1 aliphatic heterocycles. The van der Waals surface area contributed by atoms with E-state index in [9.17, 15) is 9.59 Å². The van der Waals surface area contributed by atoms with Crippen LogP contribution < -0.4 is 24.4 Å². The zero-order valence-electron chi connectivity index (χ0n) is 16.2. The van der Waals surface area contributed by atoms with Crippen LogP contribution in [0.2, 0.25) is 0 Å². The maximum Gasteiger partial charge on any atom is 0.256 e. The molecule has 2 aromatic carbocycles. The number of hydrogen-bond acceptors (Lipinski definition) is 6. The normalized spacial score (nSPS) is 16.2. The Balaban J connectivity index is 1.81. The van der Waals surface area contributed by atoms with Crippen LogP contribution in [0.25, 0.3) is 0 Å². The van der Waals surface area contributed by atoms with Crippen molar-refractivity contribution in [1.82, 2.24) is 0 Å². The Bertz CT molecular complexity index is 868. The van der Waals surface area contributed by atoms with E-state index in [2.05, 4.69) is 5.32 Å². The smallest absolute Gasteiger partial charge is 0.256 e. The summed E-state index contributed by atoms with van der Waals surface area (Å²) in [5, 5.41) is 3.14. The van der Waals surface area contributed by atoms with Crippen molar-refractivity contribution < 1.29 is 23.8 Å². The maximum atomic E-state index is 12.9. The Morgan fingerprint density at radius 1 is 1.00 bits per heavy atom. The van der Waals surface area contributed by atoms with Crippen molar-refractivity contribution in [2.24, 2.45) is 0 Å². The molecular formula is C21H24N2O5. The van der Waals surface area contributed by atoms with Gasteiger partial charge in [-0.1, -0.05) is 12.1 Å². The maximum absolute atomic E-state index is 12.9. The van der Waals surface area contributed by atoms with Crippen molar-refractivity contribution in [3.63, 3.8) is 0 Å². The first-order chi connectivity index (χ1) is 13.6. The number of methoxy groups -OCH3 is 1. The summed E-state index contributed by atoms with van der Waals surface area (Å²) in [6.07, 6.45) is 0.0636. The summed E-state index contributed by atoms with van der Waals surface area (Å²) in [6.45, 7) is 4.81. The molecule has 0 unspecified atom stereocenters. The van der Waals surface area contributed by atoms with Gasteiger partial charge in [0.1, 0.15) is 11.8 Å². The molecule has 7 nitrogen and oxygen atoms in total. The fraction of sp³-hybridized carbons (Fsp3) is 0.333. The molecule has 3 rings (SSSR count). The lowest BCUT2D eigenvalue weighted by atomic mass is 10.2. The van der Waals surface area contributed by atoms with Crippen LogP contribution in [0.5, 0.6) is 17.2 Å². The van der Waals surface area contributed by atoms with E-state index in [0.717, 1.165) is 0 Å². The Labute approximate surface area is 164 Å². The lowest BCUT2D eigenvalue weighted by Crippen LogP contribution is -2.35. The zero-order chi connectivity index (χ0) is 20.1. The van der Waals surface area contributed by atoms with E-state index in [1.807, 2.05) is 13.8 Å². The molecule has 1 N–H and O–H groups in total. The van der Waals surface area contributed by atoms with Gasteiger partial charge >= 0.3 is 0 Å². The molecule has 7 heteroatoms. The third kappa shape index (κ3) is 3.88. The van der Waals surface area contributed by atoms with Gasteiger partial charge in [-0.05, 0) is 38.1 Å². The first-order valence-corrected chi connectivity index (χ1v) is 9.25. The lowest BCUT2D eigenvalue weighted by molar-refractivity contribution is -0.121. The largest absolute Gasteiger partial charge is 0.495 e. The van der Waals surface area contributed by atoms with Crippen LogP contribution >= 0.6 is 0 Å². The quantitative estimate of drug-likeness (QED) is 0.704. The highest BCUT2D eigenvalue weighted by Crippen LogP contribution is 2.34. The van der Waals surface area contributed by atoms with E-state index in [1.165, 1.54) is 12.0 Å². The van der Waals surface area contributed by atoms with E-state index < -0.39 is 6.04 Å². The van der Waals surface area contributed by atoms with Crippen molar-refractivity contribution in [2.45, 2.75) is 26.3 Å². The molecule has 0 aliphatic carbocycles. The number of benzene rings is 2. The van der Waals surface area contributed by atoms with Crippen LogP contribution in [0.1, 0.15) is 20.3 Å². The van der Waals surface area contributed by atoms with Crippen LogP contribution in [0.15, 0.2) is 42.5 Å². The van der Waals surface area contributed by atoms with Gasteiger partial charge in [-0.15, -0.1) is 0 Å². The van der Waals surface area contributed by atoms with Gasteiger partial charge in [0.2, 0.25) is 5.91 Å². The van der Waals surface area contributed by atoms with Crippen molar-refractivity contribution in [1.29, 1.82) is 0 Å². The number of imide groups is 1. The minimum Gasteiger partial charge on any atom is -0.495 e. The predicted octanol–water partition coefficient (Wildman–Crippen LogP) is 3.24. The van der Waals surface area contributed by atoms with Gasteiger partial charge in [-0.25, -0.2) is 4.90 Å². The van der Waals surface area contributed by atoms with Crippen molar-refractivity contribution in [3.8, 4) is 17.2 Å². The number of para-hydroxylation sites is 2. The topological polar surface area (TPSA) is 77.1 Å². The molecule has 1 fully saturated rings. The molecule has 1 saturated heterocycles. The number of anilines is 2. The van der Waals surface area contributed by atoms with Crippen LogP contribution in [-0.4, -0.2) is 38.2 Å². The number of nitrogens with one attached hydrogen (secondary N) is 1. The second-order valence-corrected chi connectivity index (χ2v) is 6.17. The minimum atomic E-state index is -0.662. The highest BCUT2D eigenvalue weighted by Gasteiger charge is 2.40. The molecule has 1 atom stereocenters. The number of rotatable bonds is 8. The molecule has 148 valence electrons. The zero-order valence-corrected chi connectivity index (χ0v) is 16.2. The van der Waals surface area contributed by atoms with Gasteiger partial charge in [0.25, 0.3) is 5.91 Å². The molecule has 1 heterocycles. The summed E-state index contributed by atoms with van der Waals surface area (Å²) in [5.74, 6) is 1.11. The average molecular weight is 384 g/mol. The Kier molecular flexibility index (Phi) is 6.03. The molecule has 2 amide bonds. The molecule has 0 saturated carbocycles. The van der Waals surface area contributed by atoms with Crippen LogP contribution in [0, 0.1) is 0 Å². The number of amides is 2. The third-order valence-corrected chi connectivity index (χ3v) is 4.36. The van der Waals surface area contributed by atoms with Gasteiger partial charge < -0.3 is 19.5 Å². The van der Waals surface area contributed by atoms with Gasteiger partial charge in [-0.3, -0.25) is 9.59 Å². The van der Waals surface area contributed by atoms with Gasteiger partial charge in [-0.2, -0.15) is 0 Å². The Hall–Kier alpha value is -3.22.